The molecule has 22 heavy (non-hydrogen) atoms. The number of guanidine groups is 1. The predicted molar refractivity (Wildman–Crippen MR) is 89.4 cm³/mol. The van der Waals surface area contributed by atoms with Crippen LogP contribution in [-0.2, 0) is 14.8 Å². The minimum Gasteiger partial charge on any atom is -0.378 e. The van der Waals surface area contributed by atoms with Gasteiger partial charge in [0.1, 0.15) is 0 Å². The van der Waals surface area contributed by atoms with E-state index in [0.717, 1.165) is 19.6 Å². The number of sulfonamides is 1. The van der Waals surface area contributed by atoms with Crippen LogP contribution in [0.1, 0.15) is 45.4 Å². The van der Waals surface area contributed by atoms with Gasteiger partial charge in [0.25, 0.3) is 0 Å². The average Bonchev–Trinajstić information content (AvgIpc) is 2.46. The van der Waals surface area contributed by atoms with Crippen molar-refractivity contribution >= 4 is 16.0 Å². The van der Waals surface area contributed by atoms with E-state index in [-0.39, 0.29) is 12.3 Å². The van der Waals surface area contributed by atoms with E-state index in [1.54, 1.807) is 0 Å². The molecule has 8 heteroatoms. The largest absolute Gasteiger partial charge is 0.378 e. The van der Waals surface area contributed by atoms with E-state index in [1.165, 1.54) is 32.1 Å². The summed E-state index contributed by atoms with van der Waals surface area (Å²) in [6, 6.07) is 0. The molecule has 0 saturated heterocycles. The third kappa shape index (κ3) is 9.97. The van der Waals surface area contributed by atoms with Crippen molar-refractivity contribution in [2.75, 3.05) is 32.0 Å². The van der Waals surface area contributed by atoms with Crippen LogP contribution < -0.4 is 15.8 Å². The Labute approximate surface area is 134 Å². The zero-order valence-corrected chi connectivity index (χ0v) is 14.3. The first-order chi connectivity index (χ1) is 10.5. The minimum absolute atomic E-state index is 0.109. The number of hydrogen-bond acceptors (Lipinski definition) is 4. The third-order valence-electron chi connectivity index (χ3n) is 3.50. The van der Waals surface area contributed by atoms with Crippen LogP contribution in [0.15, 0.2) is 4.99 Å². The smallest absolute Gasteiger partial charge is 0.210 e. The molecule has 7 nitrogen and oxygen atoms in total. The molecule has 0 spiro atoms. The molecule has 0 aliphatic heterocycles. The van der Waals surface area contributed by atoms with Crippen molar-refractivity contribution in [1.29, 1.82) is 0 Å². The van der Waals surface area contributed by atoms with Gasteiger partial charge in [-0.2, -0.15) is 0 Å². The second kappa shape index (κ2) is 10.8. The fourth-order valence-corrected chi connectivity index (χ4v) is 2.78. The van der Waals surface area contributed by atoms with Crippen molar-refractivity contribution in [3.63, 3.8) is 0 Å². The first-order valence-corrected chi connectivity index (χ1v) is 9.87. The first kappa shape index (κ1) is 19.2. The molecular weight excluding hydrogens is 304 g/mol. The molecule has 0 amide bonds. The Hall–Kier alpha value is -0.860. The molecule has 1 aliphatic carbocycles. The van der Waals surface area contributed by atoms with Crippen LogP contribution in [0.5, 0.6) is 0 Å². The van der Waals surface area contributed by atoms with Crippen LogP contribution in [0, 0.1) is 0 Å². The van der Waals surface area contributed by atoms with Gasteiger partial charge in [0.15, 0.2) is 5.96 Å². The lowest BCUT2D eigenvalue weighted by molar-refractivity contribution is 0.0281. The maximum atomic E-state index is 10.9. The van der Waals surface area contributed by atoms with Crippen LogP contribution in [0.25, 0.3) is 0 Å². The number of primary sulfonamides is 1. The Balaban J connectivity index is 2.17. The summed E-state index contributed by atoms with van der Waals surface area (Å²) >= 11 is 0. The van der Waals surface area contributed by atoms with Gasteiger partial charge in [-0.05, 0) is 26.2 Å². The summed E-state index contributed by atoms with van der Waals surface area (Å²) in [6.07, 6.45) is 7.55. The van der Waals surface area contributed by atoms with Gasteiger partial charge in [0.2, 0.25) is 10.0 Å². The molecule has 1 rings (SSSR count). The molecule has 130 valence electrons. The number of ether oxygens (including phenoxy) is 1. The first-order valence-electron chi connectivity index (χ1n) is 8.15. The molecule has 1 saturated carbocycles. The average molecular weight is 334 g/mol. The standard InChI is InChI=1S/C14H30N4O3S/c1-2-16-14(18-10-12-22(15,19)20)17-9-6-11-21-13-7-4-3-5-8-13/h13H,2-12H2,1H3,(H2,15,19,20)(H2,16,17,18). The number of rotatable bonds is 9. The van der Waals surface area contributed by atoms with Crippen LogP contribution in [0.3, 0.4) is 0 Å². The summed E-state index contributed by atoms with van der Waals surface area (Å²) in [5.74, 6) is 0.506. The Bertz CT molecular complexity index is 420. The lowest BCUT2D eigenvalue weighted by atomic mass is 9.98. The highest BCUT2D eigenvalue weighted by Gasteiger charge is 2.12. The van der Waals surface area contributed by atoms with E-state index < -0.39 is 10.0 Å². The number of hydrogen-bond donors (Lipinski definition) is 3. The molecule has 4 N–H and O–H groups in total. The SMILES string of the molecule is CCNC(=NCCCOC1CCCCC1)NCCS(N)(=O)=O. The van der Waals surface area contributed by atoms with E-state index in [9.17, 15) is 8.42 Å². The lowest BCUT2D eigenvalue weighted by Gasteiger charge is -2.21. The fourth-order valence-electron chi connectivity index (χ4n) is 2.39. The monoisotopic (exact) mass is 334 g/mol. The van der Waals surface area contributed by atoms with Gasteiger partial charge in [-0.25, -0.2) is 13.6 Å². The Morgan fingerprint density at radius 2 is 2.00 bits per heavy atom. The van der Waals surface area contributed by atoms with Crippen LogP contribution in [-0.4, -0.2) is 52.5 Å². The summed E-state index contributed by atoms with van der Waals surface area (Å²) in [5.41, 5.74) is 0. The molecular formula is C14H30N4O3S. The highest BCUT2D eigenvalue weighted by Crippen LogP contribution is 2.20. The van der Waals surface area contributed by atoms with Crippen LogP contribution >= 0.6 is 0 Å². The van der Waals surface area contributed by atoms with Crippen molar-refractivity contribution in [3.8, 4) is 0 Å². The third-order valence-corrected chi connectivity index (χ3v) is 4.27. The quantitative estimate of drug-likeness (QED) is 0.325. The predicted octanol–water partition coefficient (Wildman–Crippen LogP) is 0.569. The van der Waals surface area contributed by atoms with Crippen LogP contribution in [0.2, 0.25) is 0 Å². The van der Waals surface area contributed by atoms with E-state index >= 15 is 0 Å². The molecule has 0 atom stereocenters. The number of nitrogens with two attached hydrogens (primary N) is 1. The highest BCUT2D eigenvalue weighted by atomic mass is 32.2. The zero-order chi connectivity index (χ0) is 16.3. The summed E-state index contributed by atoms with van der Waals surface area (Å²) < 4.78 is 27.6. The van der Waals surface area contributed by atoms with Gasteiger partial charge in [-0.1, -0.05) is 19.3 Å². The van der Waals surface area contributed by atoms with Gasteiger partial charge in [-0.15, -0.1) is 0 Å². The number of nitrogens with one attached hydrogen (secondary N) is 2. The normalized spacial score (nSPS) is 17.5. The lowest BCUT2D eigenvalue weighted by Crippen LogP contribution is -2.40. The summed E-state index contributed by atoms with van der Waals surface area (Å²) in [7, 11) is -3.44. The molecule has 0 aromatic heterocycles. The number of nitrogens with zero attached hydrogens (tertiary/aromatic N) is 1. The molecule has 1 fully saturated rings. The van der Waals surface area contributed by atoms with Gasteiger partial charge >= 0.3 is 0 Å². The van der Waals surface area contributed by atoms with Gasteiger partial charge < -0.3 is 15.4 Å². The molecule has 0 unspecified atom stereocenters. The zero-order valence-electron chi connectivity index (χ0n) is 13.5. The second-order valence-electron chi connectivity index (χ2n) is 5.54. The minimum atomic E-state index is -3.44. The van der Waals surface area contributed by atoms with Crippen LogP contribution in [0.4, 0.5) is 0 Å². The molecule has 0 heterocycles. The maximum absolute atomic E-state index is 10.9. The molecule has 0 radical (unpaired) electrons. The van der Waals surface area contributed by atoms with E-state index in [1.807, 2.05) is 6.92 Å². The molecule has 0 aromatic rings. The van der Waals surface area contributed by atoms with Crippen molar-refractivity contribution in [1.82, 2.24) is 10.6 Å². The summed E-state index contributed by atoms with van der Waals surface area (Å²) in [4.78, 5) is 4.39. The van der Waals surface area contributed by atoms with E-state index in [0.29, 0.717) is 18.6 Å². The number of aliphatic imine (C=N–C) groups is 1. The van der Waals surface area contributed by atoms with Gasteiger partial charge in [0.05, 0.1) is 11.9 Å². The highest BCUT2D eigenvalue weighted by molar-refractivity contribution is 7.89. The second-order valence-corrected chi connectivity index (χ2v) is 7.27. The summed E-state index contributed by atoms with van der Waals surface area (Å²) in [5, 5.41) is 11.0. The molecule has 0 bridgehead atoms. The summed E-state index contributed by atoms with van der Waals surface area (Å²) in [6.45, 7) is 4.31. The van der Waals surface area contributed by atoms with E-state index in [2.05, 4.69) is 15.6 Å². The molecule has 0 aromatic carbocycles. The molecule has 1 aliphatic rings. The Morgan fingerprint density at radius 1 is 1.27 bits per heavy atom. The van der Waals surface area contributed by atoms with Gasteiger partial charge in [-0.3, -0.25) is 4.99 Å². The van der Waals surface area contributed by atoms with E-state index in [4.69, 9.17) is 9.88 Å². The topological polar surface area (TPSA) is 106 Å². The van der Waals surface area contributed by atoms with Crippen molar-refractivity contribution < 1.29 is 13.2 Å². The van der Waals surface area contributed by atoms with Crippen molar-refractivity contribution in [2.45, 2.75) is 51.6 Å². The fraction of sp³-hybridized carbons (Fsp3) is 0.929. The maximum Gasteiger partial charge on any atom is 0.210 e. The van der Waals surface area contributed by atoms with Gasteiger partial charge in [0, 0.05) is 26.2 Å². The van der Waals surface area contributed by atoms with Crippen molar-refractivity contribution in [3.05, 3.63) is 0 Å². The Kier molecular flexibility index (Phi) is 9.42. The Morgan fingerprint density at radius 3 is 2.64 bits per heavy atom. The van der Waals surface area contributed by atoms with Crippen molar-refractivity contribution in [2.24, 2.45) is 10.1 Å².